The van der Waals surface area contributed by atoms with Gasteiger partial charge in [0, 0.05) is 18.3 Å². The van der Waals surface area contributed by atoms with Gasteiger partial charge in [0.05, 0.1) is 16.7 Å². The Morgan fingerprint density at radius 1 is 1.41 bits per heavy atom. The molecule has 0 spiro atoms. The molecular weight excluding hydrogens is 253 g/mol. The Kier molecular flexibility index (Phi) is 3.97. The summed E-state index contributed by atoms with van der Waals surface area (Å²) >= 11 is 0. The molecule has 0 aliphatic carbocycles. The lowest BCUT2D eigenvalue weighted by Gasteiger charge is -2.05. The molecule has 0 bridgehead atoms. The van der Waals surface area contributed by atoms with E-state index < -0.39 is 26.5 Å². The zero-order chi connectivity index (χ0) is 13.1. The second-order valence-corrected chi connectivity index (χ2v) is 4.98. The molecule has 0 saturated heterocycles. The van der Waals surface area contributed by atoms with Gasteiger partial charge in [0.2, 0.25) is 10.0 Å². The molecule has 0 atom stereocenters. The van der Waals surface area contributed by atoms with Gasteiger partial charge in [0.1, 0.15) is 5.82 Å². The van der Waals surface area contributed by atoms with Crippen molar-refractivity contribution in [1.29, 1.82) is 0 Å². The maximum Gasteiger partial charge on any atom is 0.274 e. The average Bonchev–Trinajstić information content (AvgIpc) is 2.14. The minimum absolute atomic E-state index is 0.0561. The van der Waals surface area contributed by atoms with Crippen molar-refractivity contribution < 1.29 is 17.7 Å². The van der Waals surface area contributed by atoms with Crippen LogP contribution in [0.1, 0.15) is 0 Å². The monoisotopic (exact) mass is 263 g/mol. The lowest BCUT2D eigenvalue weighted by atomic mass is 10.2. The van der Waals surface area contributed by atoms with Crippen LogP contribution in [0.2, 0.25) is 0 Å². The molecule has 9 heteroatoms. The van der Waals surface area contributed by atoms with Crippen LogP contribution in [0.4, 0.5) is 15.8 Å². The van der Waals surface area contributed by atoms with Gasteiger partial charge in [-0.2, -0.15) is 0 Å². The minimum atomic E-state index is -3.62. The summed E-state index contributed by atoms with van der Waals surface area (Å²) in [7, 11) is -3.62. The topological polar surface area (TPSA) is 115 Å². The van der Waals surface area contributed by atoms with E-state index in [1.54, 1.807) is 0 Å². The van der Waals surface area contributed by atoms with Crippen molar-refractivity contribution >= 4 is 21.4 Å². The Hall–Kier alpha value is -1.74. The first-order valence-electron chi connectivity index (χ1n) is 4.47. The van der Waals surface area contributed by atoms with Crippen LogP contribution in [0, 0.1) is 15.9 Å². The summed E-state index contributed by atoms with van der Waals surface area (Å²) in [5.41, 5.74) is -0.288. The zero-order valence-electron chi connectivity index (χ0n) is 8.59. The number of nitrogens with one attached hydrogen (secondary N) is 1. The molecule has 0 radical (unpaired) electrons. The smallest absolute Gasteiger partial charge is 0.274 e. The van der Waals surface area contributed by atoms with E-state index in [0.717, 1.165) is 18.2 Å². The minimum Gasteiger partial charge on any atom is -0.384 e. The third kappa shape index (κ3) is 4.74. The summed E-state index contributed by atoms with van der Waals surface area (Å²) in [4.78, 5) is 9.69. The molecule has 0 unspecified atom stereocenters. The number of non-ortho nitro benzene ring substituents is 1. The van der Waals surface area contributed by atoms with Crippen molar-refractivity contribution in [3.05, 3.63) is 34.1 Å². The Balaban J connectivity index is 2.75. The van der Waals surface area contributed by atoms with Crippen molar-refractivity contribution in [3.63, 3.8) is 0 Å². The fraction of sp³-hybridized carbons (Fsp3) is 0.250. The number of benzene rings is 1. The molecular formula is C8H10FN3O4S. The number of sulfonamides is 1. The second kappa shape index (κ2) is 5.06. The number of hydrogen-bond donors (Lipinski definition) is 2. The summed E-state index contributed by atoms with van der Waals surface area (Å²) in [6.45, 7) is -0.0561. The van der Waals surface area contributed by atoms with Gasteiger partial charge in [-0.15, -0.1) is 0 Å². The number of nitrogens with two attached hydrogens (primary N) is 1. The lowest BCUT2D eigenvalue weighted by molar-refractivity contribution is -0.385. The third-order valence-corrected chi connectivity index (χ3v) is 2.58. The maximum absolute atomic E-state index is 13.0. The molecule has 0 amide bonds. The second-order valence-electron chi connectivity index (χ2n) is 3.25. The van der Waals surface area contributed by atoms with E-state index in [4.69, 9.17) is 5.14 Å². The summed E-state index contributed by atoms with van der Waals surface area (Å²) < 4.78 is 34.2. The number of hydrogen-bond acceptors (Lipinski definition) is 5. The number of nitro benzene ring substituents is 1. The van der Waals surface area contributed by atoms with Crippen LogP contribution in [0.25, 0.3) is 0 Å². The van der Waals surface area contributed by atoms with Gasteiger partial charge in [-0.1, -0.05) is 0 Å². The van der Waals surface area contributed by atoms with Gasteiger partial charge in [0.15, 0.2) is 0 Å². The van der Waals surface area contributed by atoms with Crippen LogP contribution >= 0.6 is 0 Å². The molecule has 0 aromatic heterocycles. The van der Waals surface area contributed by atoms with E-state index in [2.05, 4.69) is 5.32 Å². The standard InChI is InChI=1S/C8H10FN3O4S/c9-6-3-7(5-8(4-6)12(13)14)11-1-2-17(10,15)16/h3-5,11H,1-2H2,(H2,10,15,16). The largest absolute Gasteiger partial charge is 0.384 e. The molecule has 1 aromatic rings. The number of rotatable bonds is 5. The van der Waals surface area contributed by atoms with E-state index >= 15 is 0 Å². The fourth-order valence-corrected chi connectivity index (χ4v) is 1.51. The van der Waals surface area contributed by atoms with Gasteiger partial charge in [-0.3, -0.25) is 10.1 Å². The van der Waals surface area contributed by atoms with Crippen molar-refractivity contribution in [2.45, 2.75) is 0 Å². The third-order valence-electron chi connectivity index (χ3n) is 1.81. The first-order valence-corrected chi connectivity index (χ1v) is 6.19. The summed E-state index contributed by atoms with van der Waals surface area (Å²) in [5, 5.41) is 17.7. The van der Waals surface area contributed by atoms with E-state index in [-0.39, 0.29) is 18.0 Å². The summed E-state index contributed by atoms with van der Waals surface area (Å²) in [5.74, 6) is -1.13. The van der Waals surface area contributed by atoms with Crippen LogP contribution in [-0.2, 0) is 10.0 Å². The Bertz CT molecular complexity index is 532. The van der Waals surface area contributed by atoms with Crippen molar-refractivity contribution in [1.82, 2.24) is 0 Å². The SMILES string of the molecule is NS(=O)(=O)CCNc1cc(F)cc([N+](=O)[O-])c1. The molecule has 17 heavy (non-hydrogen) atoms. The highest BCUT2D eigenvalue weighted by atomic mass is 32.2. The van der Waals surface area contributed by atoms with E-state index in [0.29, 0.717) is 0 Å². The fourth-order valence-electron chi connectivity index (χ4n) is 1.12. The number of nitro groups is 1. The highest BCUT2D eigenvalue weighted by Gasteiger charge is 2.10. The first kappa shape index (κ1) is 13.3. The van der Waals surface area contributed by atoms with Gasteiger partial charge in [-0.25, -0.2) is 17.9 Å². The molecule has 0 aliphatic heterocycles. The molecule has 0 saturated carbocycles. The number of halogens is 1. The summed E-state index contributed by atoms with van der Waals surface area (Å²) in [6.07, 6.45) is 0. The van der Waals surface area contributed by atoms with Crippen molar-refractivity contribution in [2.75, 3.05) is 17.6 Å². The van der Waals surface area contributed by atoms with Crippen molar-refractivity contribution in [2.24, 2.45) is 5.14 Å². The molecule has 3 N–H and O–H groups in total. The number of nitrogens with zero attached hydrogens (tertiary/aromatic N) is 1. The predicted molar refractivity (Wildman–Crippen MR) is 59.5 cm³/mol. The number of anilines is 1. The Morgan fingerprint density at radius 3 is 2.59 bits per heavy atom. The van der Waals surface area contributed by atoms with Gasteiger partial charge in [-0.05, 0) is 6.07 Å². The molecule has 1 rings (SSSR count). The van der Waals surface area contributed by atoms with Gasteiger partial charge < -0.3 is 5.32 Å². The van der Waals surface area contributed by atoms with Crippen molar-refractivity contribution in [3.8, 4) is 0 Å². The number of primary sulfonamides is 1. The van der Waals surface area contributed by atoms with E-state index in [1.807, 2.05) is 0 Å². The Labute approximate surface area is 96.6 Å². The quantitative estimate of drug-likeness (QED) is 0.590. The van der Waals surface area contributed by atoms with E-state index in [9.17, 15) is 22.9 Å². The molecule has 94 valence electrons. The van der Waals surface area contributed by atoms with E-state index in [1.165, 1.54) is 0 Å². The zero-order valence-corrected chi connectivity index (χ0v) is 9.41. The normalized spacial score (nSPS) is 11.2. The van der Waals surface area contributed by atoms with Gasteiger partial charge in [0.25, 0.3) is 5.69 Å². The molecule has 0 aliphatic rings. The maximum atomic E-state index is 13.0. The van der Waals surface area contributed by atoms with Crippen LogP contribution in [-0.4, -0.2) is 25.6 Å². The molecule has 0 heterocycles. The Morgan fingerprint density at radius 2 is 2.06 bits per heavy atom. The summed E-state index contributed by atoms with van der Waals surface area (Å²) in [6, 6.07) is 2.90. The average molecular weight is 263 g/mol. The highest BCUT2D eigenvalue weighted by Crippen LogP contribution is 2.19. The van der Waals surface area contributed by atoms with Crippen LogP contribution in [0.15, 0.2) is 18.2 Å². The molecule has 7 nitrogen and oxygen atoms in total. The van der Waals surface area contributed by atoms with Crippen LogP contribution < -0.4 is 10.5 Å². The molecule has 1 aromatic carbocycles. The van der Waals surface area contributed by atoms with Gasteiger partial charge >= 0.3 is 0 Å². The first-order chi connectivity index (χ1) is 7.78. The lowest BCUT2D eigenvalue weighted by Crippen LogP contribution is -2.22. The van der Waals surface area contributed by atoms with Crippen LogP contribution in [0.5, 0.6) is 0 Å². The highest BCUT2D eigenvalue weighted by molar-refractivity contribution is 7.89. The molecule has 0 fully saturated rings. The van der Waals surface area contributed by atoms with Crippen LogP contribution in [0.3, 0.4) is 0 Å². The predicted octanol–water partition coefficient (Wildman–Crippen LogP) is 0.434.